The van der Waals surface area contributed by atoms with Crippen LogP contribution in [0.5, 0.6) is 11.5 Å². The van der Waals surface area contributed by atoms with Crippen LogP contribution >= 0.6 is 0 Å². The molecule has 0 saturated carbocycles. The number of fused-ring (bicyclic) bond motifs is 1. The van der Waals surface area contributed by atoms with Gasteiger partial charge in [-0.1, -0.05) is 6.92 Å². The highest BCUT2D eigenvalue weighted by Crippen LogP contribution is 2.34. The summed E-state index contributed by atoms with van der Waals surface area (Å²) in [6.07, 6.45) is 0.608. The van der Waals surface area contributed by atoms with Crippen LogP contribution < -0.4 is 20.5 Å². The molecule has 0 saturated heterocycles. The molecule has 0 bridgehead atoms. The van der Waals surface area contributed by atoms with Gasteiger partial charge in [0.15, 0.2) is 11.5 Å². The van der Waals surface area contributed by atoms with Crippen molar-refractivity contribution in [2.75, 3.05) is 12.1 Å². The lowest BCUT2D eigenvalue weighted by atomic mass is 10.2. The molecule has 1 unspecified atom stereocenters. The lowest BCUT2D eigenvalue weighted by Crippen LogP contribution is -2.34. The normalized spacial score (nSPS) is 14.6. The van der Waals surface area contributed by atoms with Crippen LogP contribution in [0.2, 0.25) is 0 Å². The molecule has 5 heteroatoms. The predicted molar refractivity (Wildman–Crippen MR) is 59.5 cm³/mol. The van der Waals surface area contributed by atoms with Crippen molar-refractivity contribution in [3.63, 3.8) is 0 Å². The maximum absolute atomic E-state index is 11.5. The van der Waals surface area contributed by atoms with Gasteiger partial charge in [-0.05, 0) is 18.6 Å². The molecule has 0 spiro atoms. The molecule has 0 radical (unpaired) electrons. The fourth-order valence-corrected chi connectivity index (χ4v) is 1.39. The quantitative estimate of drug-likeness (QED) is 0.802. The van der Waals surface area contributed by atoms with E-state index < -0.39 is 6.04 Å². The molecule has 1 heterocycles. The molecule has 1 amide bonds. The van der Waals surface area contributed by atoms with Crippen LogP contribution in [0.25, 0.3) is 0 Å². The summed E-state index contributed by atoms with van der Waals surface area (Å²) < 4.78 is 10.4. The van der Waals surface area contributed by atoms with E-state index in [0.717, 1.165) is 0 Å². The Bertz CT molecular complexity index is 406. The van der Waals surface area contributed by atoms with Gasteiger partial charge in [0.2, 0.25) is 12.7 Å². The Morgan fingerprint density at radius 1 is 1.50 bits per heavy atom. The molecule has 1 atom stereocenters. The van der Waals surface area contributed by atoms with Crippen molar-refractivity contribution < 1.29 is 14.3 Å². The number of nitrogens with one attached hydrogen (secondary N) is 1. The first-order chi connectivity index (χ1) is 7.70. The van der Waals surface area contributed by atoms with Gasteiger partial charge in [0, 0.05) is 11.8 Å². The van der Waals surface area contributed by atoms with E-state index >= 15 is 0 Å². The number of hydrogen-bond acceptors (Lipinski definition) is 4. The molecular formula is C11H14N2O3. The molecule has 0 fully saturated rings. The summed E-state index contributed by atoms with van der Waals surface area (Å²) in [6, 6.07) is 4.76. The Kier molecular flexibility index (Phi) is 2.96. The van der Waals surface area contributed by atoms with Crippen molar-refractivity contribution in [2.24, 2.45) is 5.73 Å². The van der Waals surface area contributed by atoms with Crippen LogP contribution in [-0.2, 0) is 4.79 Å². The summed E-state index contributed by atoms with van der Waals surface area (Å²) in [5, 5.41) is 2.72. The van der Waals surface area contributed by atoms with Gasteiger partial charge in [0.05, 0.1) is 6.04 Å². The third-order valence-electron chi connectivity index (χ3n) is 2.42. The predicted octanol–water partition coefficient (Wildman–Crippen LogP) is 1.09. The molecule has 86 valence electrons. The molecule has 5 nitrogen and oxygen atoms in total. The summed E-state index contributed by atoms with van der Waals surface area (Å²) in [4.78, 5) is 11.5. The van der Waals surface area contributed by atoms with Gasteiger partial charge in [-0.2, -0.15) is 0 Å². The van der Waals surface area contributed by atoms with Crippen molar-refractivity contribution in [3.8, 4) is 11.5 Å². The highest BCUT2D eigenvalue weighted by atomic mass is 16.7. The van der Waals surface area contributed by atoms with E-state index in [1.165, 1.54) is 0 Å². The van der Waals surface area contributed by atoms with E-state index in [1.807, 2.05) is 6.92 Å². The second-order valence-corrected chi connectivity index (χ2v) is 3.57. The number of anilines is 1. The van der Waals surface area contributed by atoms with Crippen molar-refractivity contribution in [3.05, 3.63) is 18.2 Å². The summed E-state index contributed by atoms with van der Waals surface area (Å²) in [6.45, 7) is 2.09. The highest BCUT2D eigenvalue weighted by molar-refractivity contribution is 5.94. The molecule has 0 aromatic heterocycles. The molecule has 1 aromatic rings. The lowest BCUT2D eigenvalue weighted by Gasteiger charge is -2.10. The fraction of sp³-hybridized carbons (Fsp3) is 0.364. The highest BCUT2D eigenvalue weighted by Gasteiger charge is 2.15. The number of rotatable bonds is 3. The number of ether oxygens (including phenoxy) is 2. The number of carbonyl (C=O) groups excluding carboxylic acids is 1. The van der Waals surface area contributed by atoms with Gasteiger partial charge >= 0.3 is 0 Å². The van der Waals surface area contributed by atoms with E-state index in [0.29, 0.717) is 23.6 Å². The van der Waals surface area contributed by atoms with Crippen molar-refractivity contribution >= 4 is 11.6 Å². The summed E-state index contributed by atoms with van der Waals surface area (Å²) in [5.74, 6) is 1.14. The second-order valence-electron chi connectivity index (χ2n) is 3.57. The van der Waals surface area contributed by atoms with Gasteiger partial charge in [0.1, 0.15) is 0 Å². The number of amides is 1. The second kappa shape index (κ2) is 4.40. The molecular weight excluding hydrogens is 208 g/mol. The SMILES string of the molecule is CCC(N)C(=O)Nc1ccc2c(c1)OCO2. The zero-order chi connectivity index (χ0) is 11.5. The fourth-order valence-electron chi connectivity index (χ4n) is 1.39. The van der Waals surface area contributed by atoms with Crippen LogP contribution in [0.15, 0.2) is 18.2 Å². The van der Waals surface area contributed by atoms with Crippen LogP contribution in [0.1, 0.15) is 13.3 Å². The number of hydrogen-bond donors (Lipinski definition) is 2. The Labute approximate surface area is 93.5 Å². The maximum atomic E-state index is 11.5. The standard InChI is InChI=1S/C11H14N2O3/c1-2-8(12)11(14)13-7-3-4-9-10(5-7)16-6-15-9/h3-5,8H,2,6,12H2,1H3,(H,13,14). The Morgan fingerprint density at radius 3 is 3.00 bits per heavy atom. The summed E-state index contributed by atoms with van der Waals surface area (Å²) >= 11 is 0. The van der Waals surface area contributed by atoms with E-state index in [1.54, 1.807) is 18.2 Å². The van der Waals surface area contributed by atoms with Crippen molar-refractivity contribution in [2.45, 2.75) is 19.4 Å². The number of nitrogens with two attached hydrogens (primary N) is 1. The minimum Gasteiger partial charge on any atom is -0.454 e. The Morgan fingerprint density at radius 2 is 2.25 bits per heavy atom. The largest absolute Gasteiger partial charge is 0.454 e. The van der Waals surface area contributed by atoms with Gasteiger partial charge in [-0.3, -0.25) is 4.79 Å². The summed E-state index contributed by atoms with van der Waals surface area (Å²) in [5.41, 5.74) is 6.27. The first kappa shape index (κ1) is 10.8. The van der Waals surface area contributed by atoms with Crippen molar-refractivity contribution in [1.82, 2.24) is 0 Å². The Balaban J connectivity index is 2.08. The molecule has 2 rings (SSSR count). The van der Waals surface area contributed by atoms with Crippen LogP contribution in [0, 0.1) is 0 Å². The Hall–Kier alpha value is -1.75. The van der Waals surface area contributed by atoms with E-state index in [4.69, 9.17) is 15.2 Å². The maximum Gasteiger partial charge on any atom is 0.241 e. The number of benzene rings is 1. The molecule has 0 aliphatic carbocycles. The molecule has 16 heavy (non-hydrogen) atoms. The first-order valence-electron chi connectivity index (χ1n) is 5.17. The molecule has 1 aliphatic rings. The molecule has 1 aliphatic heterocycles. The van der Waals surface area contributed by atoms with Crippen LogP contribution in [-0.4, -0.2) is 18.7 Å². The topological polar surface area (TPSA) is 73.6 Å². The number of carbonyl (C=O) groups is 1. The molecule has 1 aromatic carbocycles. The van der Waals surface area contributed by atoms with Crippen LogP contribution in [0.3, 0.4) is 0 Å². The van der Waals surface area contributed by atoms with E-state index in [2.05, 4.69) is 5.32 Å². The zero-order valence-corrected chi connectivity index (χ0v) is 9.03. The van der Waals surface area contributed by atoms with Crippen molar-refractivity contribution in [1.29, 1.82) is 0 Å². The third-order valence-corrected chi connectivity index (χ3v) is 2.42. The van der Waals surface area contributed by atoms with Gasteiger partial charge in [-0.15, -0.1) is 0 Å². The smallest absolute Gasteiger partial charge is 0.241 e. The average Bonchev–Trinajstić information content (AvgIpc) is 2.75. The minimum absolute atomic E-state index is 0.193. The van der Waals surface area contributed by atoms with Gasteiger partial charge in [-0.25, -0.2) is 0 Å². The van der Waals surface area contributed by atoms with E-state index in [9.17, 15) is 4.79 Å². The lowest BCUT2D eigenvalue weighted by molar-refractivity contribution is -0.117. The molecule has 3 N–H and O–H groups in total. The van der Waals surface area contributed by atoms with E-state index in [-0.39, 0.29) is 12.7 Å². The van der Waals surface area contributed by atoms with Gasteiger partial charge in [0.25, 0.3) is 0 Å². The minimum atomic E-state index is -0.481. The van der Waals surface area contributed by atoms with Gasteiger partial charge < -0.3 is 20.5 Å². The monoisotopic (exact) mass is 222 g/mol. The zero-order valence-electron chi connectivity index (χ0n) is 9.03. The first-order valence-corrected chi connectivity index (χ1v) is 5.17. The average molecular weight is 222 g/mol. The third kappa shape index (κ3) is 2.09. The summed E-state index contributed by atoms with van der Waals surface area (Å²) in [7, 11) is 0. The van der Waals surface area contributed by atoms with Crippen LogP contribution in [0.4, 0.5) is 5.69 Å².